The maximum absolute atomic E-state index is 12.3. The van der Waals surface area contributed by atoms with Crippen molar-refractivity contribution in [1.29, 1.82) is 0 Å². The van der Waals surface area contributed by atoms with Gasteiger partial charge in [-0.2, -0.15) is 0 Å². The second-order valence-electron chi connectivity index (χ2n) is 5.31. The van der Waals surface area contributed by atoms with Crippen LogP contribution in [0.1, 0.15) is 33.4 Å². The second-order valence-corrected chi connectivity index (χ2v) is 6.26. The Morgan fingerprint density at radius 1 is 1.17 bits per heavy atom. The Kier molecular flexibility index (Phi) is 5.76. The zero-order valence-corrected chi connectivity index (χ0v) is 14.4. The van der Waals surface area contributed by atoms with Crippen LogP contribution in [0.3, 0.4) is 0 Å². The van der Waals surface area contributed by atoms with Crippen LogP contribution in [0.5, 0.6) is 0 Å². The van der Waals surface area contributed by atoms with Gasteiger partial charge in [0, 0.05) is 32.0 Å². The van der Waals surface area contributed by atoms with Crippen LogP contribution in [0.2, 0.25) is 0 Å². The van der Waals surface area contributed by atoms with E-state index in [-0.39, 0.29) is 11.8 Å². The van der Waals surface area contributed by atoms with Crippen molar-refractivity contribution in [3.05, 3.63) is 46.2 Å². The molecule has 0 unspecified atom stereocenters. The van der Waals surface area contributed by atoms with Crippen molar-refractivity contribution < 1.29 is 9.59 Å². The van der Waals surface area contributed by atoms with Gasteiger partial charge < -0.3 is 15.5 Å². The number of nitrogens with zero attached hydrogens (tertiary/aromatic N) is 1. The molecule has 122 valence electrons. The van der Waals surface area contributed by atoms with Gasteiger partial charge in [-0.1, -0.05) is 13.0 Å². The molecule has 0 atom stereocenters. The first-order valence-corrected chi connectivity index (χ1v) is 8.35. The SMILES string of the molecule is CCCNC(=O)c1cc(NC(=O)c2cccs2)ccc1N(C)C. The Hall–Kier alpha value is -2.34. The third-order valence-corrected chi connectivity index (χ3v) is 4.13. The molecule has 2 amide bonds. The number of thiophene rings is 1. The summed E-state index contributed by atoms with van der Waals surface area (Å²) in [5.74, 6) is -0.305. The molecule has 0 spiro atoms. The molecule has 0 bridgehead atoms. The van der Waals surface area contributed by atoms with Gasteiger partial charge in [-0.25, -0.2) is 0 Å². The zero-order chi connectivity index (χ0) is 16.8. The number of amides is 2. The maximum atomic E-state index is 12.3. The highest BCUT2D eigenvalue weighted by atomic mass is 32.1. The van der Waals surface area contributed by atoms with E-state index in [0.717, 1.165) is 12.1 Å². The molecule has 0 aliphatic rings. The topological polar surface area (TPSA) is 61.4 Å². The van der Waals surface area contributed by atoms with E-state index in [1.807, 2.05) is 43.4 Å². The van der Waals surface area contributed by atoms with Crippen molar-refractivity contribution in [2.45, 2.75) is 13.3 Å². The quantitative estimate of drug-likeness (QED) is 0.854. The number of hydrogen-bond donors (Lipinski definition) is 2. The molecule has 6 heteroatoms. The summed E-state index contributed by atoms with van der Waals surface area (Å²) in [6, 6.07) is 8.95. The van der Waals surface area contributed by atoms with Crippen molar-refractivity contribution in [3.8, 4) is 0 Å². The molecule has 0 radical (unpaired) electrons. The smallest absolute Gasteiger partial charge is 0.265 e. The Morgan fingerprint density at radius 2 is 1.96 bits per heavy atom. The van der Waals surface area contributed by atoms with Crippen molar-refractivity contribution >= 4 is 34.5 Å². The minimum absolute atomic E-state index is 0.136. The van der Waals surface area contributed by atoms with Gasteiger partial charge in [-0.05, 0) is 36.1 Å². The second kappa shape index (κ2) is 7.78. The molecule has 0 aliphatic carbocycles. The summed E-state index contributed by atoms with van der Waals surface area (Å²) in [6.45, 7) is 2.63. The van der Waals surface area contributed by atoms with Crippen LogP contribution in [0.25, 0.3) is 0 Å². The van der Waals surface area contributed by atoms with E-state index in [4.69, 9.17) is 0 Å². The van der Waals surface area contributed by atoms with Crippen LogP contribution in [0, 0.1) is 0 Å². The molecule has 2 N–H and O–H groups in total. The third kappa shape index (κ3) is 4.32. The fraction of sp³-hybridized carbons (Fsp3) is 0.294. The molecule has 23 heavy (non-hydrogen) atoms. The monoisotopic (exact) mass is 331 g/mol. The van der Waals surface area contributed by atoms with E-state index in [2.05, 4.69) is 10.6 Å². The normalized spacial score (nSPS) is 10.2. The zero-order valence-electron chi connectivity index (χ0n) is 13.6. The number of carbonyl (C=O) groups excluding carboxylic acids is 2. The fourth-order valence-corrected chi connectivity index (χ4v) is 2.74. The predicted octanol–water partition coefficient (Wildman–Crippen LogP) is 3.21. The van der Waals surface area contributed by atoms with Crippen molar-refractivity contribution in [3.63, 3.8) is 0 Å². The molecule has 5 nitrogen and oxygen atoms in total. The standard InChI is InChI=1S/C17H21N3O2S/c1-4-9-18-16(21)13-11-12(7-8-14(13)20(2)3)19-17(22)15-6-5-10-23-15/h5-8,10-11H,4,9H2,1-3H3,(H,18,21)(H,19,22). The van der Waals surface area contributed by atoms with Crippen molar-refractivity contribution in [2.24, 2.45) is 0 Å². The molecular formula is C17H21N3O2S. The molecule has 0 fully saturated rings. The van der Waals surface area contributed by atoms with E-state index in [0.29, 0.717) is 22.7 Å². The first-order valence-electron chi connectivity index (χ1n) is 7.47. The Bertz CT molecular complexity index is 681. The lowest BCUT2D eigenvalue weighted by Crippen LogP contribution is -2.26. The van der Waals surface area contributed by atoms with Crippen LogP contribution in [0.15, 0.2) is 35.7 Å². The van der Waals surface area contributed by atoms with Crippen LogP contribution in [0.4, 0.5) is 11.4 Å². The summed E-state index contributed by atoms with van der Waals surface area (Å²) in [7, 11) is 3.77. The molecule has 0 saturated heterocycles. The highest BCUT2D eigenvalue weighted by Crippen LogP contribution is 2.23. The van der Waals surface area contributed by atoms with Gasteiger partial charge in [0.15, 0.2) is 0 Å². The van der Waals surface area contributed by atoms with Gasteiger partial charge in [0.1, 0.15) is 0 Å². The summed E-state index contributed by atoms with van der Waals surface area (Å²) in [6.07, 6.45) is 0.873. The molecule has 1 aromatic carbocycles. The molecule has 0 saturated carbocycles. The number of rotatable bonds is 6. The average Bonchev–Trinajstić information content (AvgIpc) is 3.06. The molecule has 1 heterocycles. The highest BCUT2D eigenvalue weighted by Gasteiger charge is 2.15. The van der Waals surface area contributed by atoms with Gasteiger partial charge in [0.25, 0.3) is 11.8 Å². The summed E-state index contributed by atoms with van der Waals surface area (Å²) in [4.78, 5) is 27.0. The average molecular weight is 331 g/mol. The molecule has 2 aromatic rings. The lowest BCUT2D eigenvalue weighted by atomic mass is 10.1. The number of benzene rings is 1. The molecular weight excluding hydrogens is 310 g/mol. The highest BCUT2D eigenvalue weighted by molar-refractivity contribution is 7.12. The molecule has 1 aromatic heterocycles. The Balaban J connectivity index is 2.25. The minimum atomic E-state index is -0.169. The van der Waals surface area contributed by atoms with Crippen LogP contribution < -0.4 is 15.5 Å². The lowest BCUT2D eigenvalue weighted by Gasteiger charge is -2.18. The van der Waals surface area contributed by atoms with E-state index >= 15 is 0 Å². The lowest BCUT2D eigenvalue weighted by molar-refractivity contribution is 0.0953. The van der Waals surface area contributed by atoms with Crippen molar-refractivity contribution in [1.82, 2.24) is 5.32 Å². The first-order chi connectivity index (χ1) is 11.0. The summed E-state index contributed by atoms with van der Waals surface area (Å²) in [5, 5.41) is 7.57. The number of hydrogen-bond acceptors (Lipinski definition) is 4. The van der Waals surface area contributed by atoms with E-state index < -0.39 is 0 Å². The third-order valence-electron chi connectivity index (χ3n) is 3.26. The van der Waals surface area contributed by atoms with Gasteiger partial charge in [0.05, 0.1) is 10.4 Å². The maximum Gasteiger partial charge on any atom is 0.265 e. The van der Waals surface area contributed by atoms with E-state index in [1.165, 1.54) is 11.3 Å². The number of nitrogens with one attached hydrogen (secondary N) is 2. The first kappa shape index (κ1) is 17.0. The number of carbonyl (C=O) groups is 2. The Morgan fingerprint density at radius 3 is 2.57 bits per heavy atom. The predicted molar refractivity (Wildman–Crippen MR) is 95.7 cm³/mol. The van der Waals surface area contributed by atoms with Crippen LogP contribution >= 0.6 is 11.3 Å². The summed E-state index contributed by atoms with van der Waals surface area (Å²) in [5.41, 5.74) is 1.97. The summed E-state index contributed by atoms with van der Waals surface area (Å²) >= 11 is 1.38. The minimum Gasteiger partial charge on any atom is -0.377 e. The van der Waals surface area contributed by atoms with Gasteiger partial charge in [-0.15, -0.1) is 11.3 Å². The molecule has 0 aliphatic heterocycles. The van der Waals surface area contributed by atoms with Crippen LogP contribution in [-0.4, -0.2) is 32.5 Å². The van der Waals surface area contributed by atoms with Gasteiger partial charge in [0.2, 0.25) is 0 Å². The van der Waals surface area contributed by atoms with E-state index in [1.54, 1.807) is 18.2 Å². The van der Waals surface area contributed by atoms with Gasteiger partial charge >= 0.3 is 0 Å². The largest absolute Gasteiger partial charge is 0.377 e. The number of anilines is 2. The van der Waals surface area contributed by atoms with Crippen molar-refractivity contribution in [2.75, 3.05) is 30.9 Å². The van der Waals surface area contributed by atoms with Gasteiger partial charge in [-0.3, -0.25) is 9.59 Å². The molecule has 2 rings (SSSR count). The fourth-order valence-electron chi connectivity index (χ4n) is 2.12. The van der Waals surface area contributed by atoms with E-state index in [9.17, 15) is 9.59 Å². The summed E-state index contributed by atoms with van der Waals surface area (Å²) < 4.78 is 0. The van der Waals surface area contributed by atoms with Crippen LogP contribution in [-0.2, 0) is 0 Å². The Labute approximate surface area is 140 Å².